The van der Waals surface area contributed by atoms with Gasteiger partial charge in [0.05, 0.1) is 19.8 Å². The first-order valence-corrected chi connectivity index (χ1v) is 8.95. The number of rotatable bonds is 3. The second kappa shape index (κ2) is 7.87. The second-order valence-electron chi connectivity index (χ2n) is 6.99. The maximum Gasteiger partial charge on any atom is 0.254 e. The van der Waals surface area contributed by atoms with Crippen molar-refractivity contribution in [3.63, 3.8) is 0 Å². The van der Waals surface area contributed by atoms with Crippen molar-refractivity contribution in [3.05, 3.63) is 29.3 Å². The average molecular weight is 346 g/mol. The third-order valence-corrected chi connectivity index (χ3v) is 4.52. The summed E-state index contributed by atoms with van der Waals surface area (Å²) in [6.45, 7) is 8.02. The van der Waals surface area contributed by atoms with E-state index in [1.165, 1.54) is 0 Å². The summed E-state index contributed by atoms with van der Waals surface area (Å²) >= 11 is 0. The molecule has 3 rings (SSSR count). The first-order chi connectivity index (χ1) is 12.0. The molecule has 2 aliphatic rings. The highest BCUT2D eigenvalue weighted by molar-refractivity contribution is 5.94. The topological polar surface area (TPSA) is 59.1 Å². The molecule has 6 nitrogen and oxygen atoms in total. The van der Waals surface area contributed by atoms with E-state index in [0.29, 0.717) is 63.9 Å². The van der Waals surface area contributed by atoms with Crippen molar-refractivity contribution in [2.24, 2.45) is 5.92 Å². The molecule has 2 heterocycles. The summed E-state index contributed by atoms with van der Waals surface area (Å²) in [5.74, 6) is 1.23. The summed E-state index contributed by atoms with van der Waals surface area (Å²) in [7, 11) is 0. The van der Waals surface area contributed by atoms with E-state index in [9.17, 15) is 9.59 Å². The smallest absolute Gasteiger partial charge is 0.254 e. The van der Waals surface area contributed by atoms with E-state index in [4.69, 9.17) is 9.47 Å². The zero-order chi connectivity index (χ0) is 17.8. The number of amides is 2. The molecule has 0 N–H and O–H groups in total. The Hall–Kier alpha value is -2.08. The van der Waals surface area contributed by atoms with Gasteiger partial charge in [0.15, 0.2) is 0 Å². The Bertz CT molecular complexity index is 638. The Morgan fingerprint density at radius 3 is 2.52 bits per heavy atom. The first kappa shape index (κ1) is 17.7. The van der Waals surface area contributed by atoms with Crippen LogP contribution in [0.3, 0.4) is 0 Å². The lowest BCUT2D eigenvalue weighted by Crippen LogP contribution is -2.40. The van der Waals surface area contributed by atoms with Crippen molar-refractivity contribution in [2.45, 2.75) is 26.8 Å². The van der Waals surface area contributed by atoms with Gasteiger partial charge in [-0.15, -0.1) is 0 Å². The standard InChI is InChI=1S/C19H26N2O4/c1-14(2)11-18(22)21-7-10-25-17-4-3-15(12-16(17)13-21)19(23)20-5-8-24-9-6-20/h3-4,12,14H,5-11,13H2,1-2H3. The van der Waals surface area contributed by atoms with Crippen molar-refractivity contribution in [1.82, 2.24) is 9.80 Å². The number of carbonyl (C=O) groups is 2. The van der Waals surface area contributed by atoms with Crippen LogP contribution < -0.4 is 4.74 Å². The van der Waals surface area contributed by atoms with Crippen LogP contribution in [0.15, 0.2) is 18.2 Å². The van der Waals surface area contributed by atoms with E-state index >= 15 is 0 Å². The SMILES string of the molecule is CC(C)CC(=O)N1CCOc2ccc(C(=O)N3CCOCC3)cc2C1. The number of fused-ring (bicyclic) bond motifs is 1. The quantitative estimate of drug-likeness (QED) is 0.839. The largest absolute Gasteiger partial charge is 0.491 e. The lowest BCUT2D eigenvalue weighted by Gasteiger charge is -2.27. The number of nitrogens with zero attached hydrogens (tertiary/aromatic N) is 2. The van der Waals surface area contributed by atoms with Crippen molar-refractivity contribution < 1.29 is 19.1 Å². The van der Waals surface area contributed by atoms with Crippen LogP contribution >= 0.6 is 0 Å². The molecule has 0 unspecified atom stereocenters. The zero-order valence-electron chi connectivity index (χ0n) is 15.0. The van der Waals surface area contributed by atoms with Gasteiger partial charge in [-0.1, -0.05) is 13.8 Å². The molecular formula is C19H26N2O4. The maximum absolute atomic E-state index is 12.7. The van der Waals surface area contributed by atoms with E-state index in [0.717, 1.165) is 11.3 Å². The van der Waals surface area contributed by atoms with Gasteiger partial charge in [0.1, 0.15) is 12.4 Å². The molecule has 1 aromatic rings. The Morgan fingerprint density at radius 1 is 1.08 bits per heavy atom. The minimum absolute atomic E-state index is 0.00963. The summed E-state index contributed by atoms with van der Waals surface area (Å²) in [6.07, 6.45) is 0.529. The molecule has 1 saturated heterocycles. The molecule has 0 spiro atoms. The highest BCUT2D eigenvalue weighted by Gasteiger charge is 2.23. The van der Waals surface area contributed by atoms with Gasteiger partial charge >= 0.3 is 0 Å². The molecule has 6 heteroatoms. The fraction of sp³-hybridized carbons (Fsp3) is 0.579. The van der Waals surface area contributed by atoms with Crippen LogP contribution in [0.4, 0.5) is 0 Å². The fourth-order valence-electron chi connectivity index (χ4n) is 3.17. The highest BCUT2D eigenvalue weighted by Crippen LogP contribution is 2.26. The molecule has 0 atom stereocenters. The Kier molecular flexibility index (Phi) is 5.58. The van der Waals surface area contributed by atoms with Crippen LogP contribution in [0.1, 0.15) is 36.2 Å². The van der Waals surface area contributed by atoms with Crippen LogP contribution in [-0.4, -0.2) is 61.1 Å². The number of benzene rings is 1. The van der Waals surface area contributed by atoms with Crippen LogP contribution in [0.25, 0.3) is 0 Å². The van der Waals surface area contributed by atoms with Gasteiger partial charge in [-0.05, 0) is 24.1 Å². The second-order valence-corrected chi connectivity index (χ2v) is 6.99. The van der Waals surface area contributed by atoms with Crippen molar-refractivity contribution in [3.8, 4) is 5.75 Å². The Balaban J connectivity index is 1.77. The van der Waals surface area contributed by atoms with E-state index < -0.39 is 0 Å². The zero-order valence-corrected chi connectivity index (χ0v) is 15.0. The first-order valence-electron chi connectivity index (χ1n) is 8.95. The molecule has 1 fully saturated rings. The van der Waals surface area contributed by atoms with Gasteiger partial charge < -0.3 is 19.3 Å². The van der Waals surface area contributed by atoms with E-state index in [2.05, 4.69) is 0 Å². The molecule has 0 aliphatic carbocycles. The highest BCUT2D eigenvalue weighted by atomic mass is 16.5. The van der Waals surface area contributed by atoms with Crippen molar-refractivity contribution in [2.75, 3.05) is 39.5 Å². The third-order valence-electron chi connectivity index (χ3n) is 4.52. The monoisotopic (exact) mass is 346 g/mol. The molecule has 0 radical (unpaired) electrons. The number of hydrogen-bond acceptors (Lipinski definition) is 4. The van der Waals surface area contributed by atoms with Gasteiger partial charge in [0.25, 0.3) is 5.91 Å². The predicted molar refractivity (Wildman–Crippen MR) is 93.5 cm³/mol. The third kappa shape index (κ3) is 4.31. The summed E-state index contributed by atoms with van der Waals surface area (Å²) < 4.78 is 11.1. The average Bonchev–Trinajstić information content (AvgIpc) is 2.83. The summed E-state index contributed by atoms with van der Waals surface area (Å²) in [6, 6.07) is 5.52. The maximum atomic E-state index is 12.7. The number of hydrogen-bond donors (Lipinski definition) is 0. The molecule has 0 bridgehead atoms. The van der Waals surface area contributed by atoms with Crippen LogP contribution in [0, 0.1) is 5.92 Å². The molecule has 2 aliphatic heterocycles. The Morgan fingerprint density at radius 2 is 1.80 bits per heavy atom. The molecular weight excluding hydrogens is 320 g/mol. The van der Waals surface area contributed by atoms with E-state index in [1.54, 1.807) is 0 Å². The van der Waals surface area contributed by atoms with Gasteiger partial charge in [0.2, 0.25) is 5.91 Å². The molecule has 2 amide bonds. The minimum atomic E-state index is 0.00963. The minimum Gasteiger partial charge on any atom is -0.491 e. The summed E-state index contributed by atoms with van der Waals surface area (Å²) in [5, 5.41) is 0. The van der Waals surface area contributed by atoms with E-state index in [1.807, 2.05) is 41.8 Å². The Labute approximate surface area is 148 Å². The molecule has 136 valence electrons. The lowest BCUT2D eigenvalue weighted by molar-refractivity contribution is -0.132. The normalized spacial score (nSPS) is 17.7. The number of carbonyl (C=O) groups excluding carboxylic acids is 2. The summed E-state index contributed by atoms with van der Waals surface area (Å²) in [4.78, 5) is 28.7. The fourth-order valence-corrected chi connectivity index (χ4v) is 3.17. The molecule has 0 aromatic heterocycles. The number of morpholine rings is 1. The lowest BCUT2D eigenvalue weighted by atomic mass is 10.1. The van der Waals surface area contributed by atoms with E-state index in [-0.39, 0.29) is 11.8 Å². The van der Waals surface area contributed by atoms with Crippen LogP contribution in [0.5, 0.6) is 5.75 Å². The van der Waals surface area contributed by atoms with Crippen molar-refractivity contribution in [1.29, 1.82) is 0 Å². The van der Waals surface area contributed by atoms with Crippen LogP contribution in [0.2, 0.25) is 0 Å². The predicted octanol–water partition coefficient (Wildman–Crippen LogP) is 1.93. The van der Waals surface area contributed by atoms with Crippen molar-refractivity contribution >= 4 is 11.8 Å². The van der Waals surface area contributed by atoms with Crippen LogP contribution in [-0.2, 0) is 16.1 Å². The molecule has 25 heavy (non-hydrogen) atoms. The van der Waals surface area contributed by atoms with Gasteiger partial charge in [-0.3, -0.25) is 9.59 Å². The molecule has 0 saturated carbocycles. The molecule has 1 aromatic carbocycles. The summed E-state index contributed by atoms with van der Waals surface area (Å²) in [5.41, 5.74) is 1.54. The number of ether oxygens (including phenoxy) is 2. The van der Waals surface area contributed by atoms with Gasteiger partial charge in [0, 0.05) is 37.2 Å². The van der Waals surface area contributed by atoms with Gasteiger partial charge in [-0.25, -0.2) is 0 Å². The van der Waals surface area contributed by atoms with Gasteiger partial charge in [-0.2, -0.15) is 0 Å².